The minimum atomic E-state index is -4.64. The van der Waals surface area contributed by atoms with Crippen molar-refractivity contribution in [3.05, 3.63) is 59.3 Å². The summed E-state index contributed by atoms with van der Waals surface area (Å²) in [5, 5.41) is 12.8. The number of anilines is 1. The number of hydrogen-bond acceptors (Lipinski definition) is 4. The molecule has 1 amide bonds. The van der Waals surface area contributed by atoms with Crippen molar-refractivity contribution in [1.29, 1.82) is 0 Å². The molecule has 1 saturated carbocycles. The van der Waals surface area contributed by atoms with Crippen LogP contribution in [0.1, 0.15) is 29.5 Å². The molecule has 11 heteroatoms. The molecule has 3 heterocycles. The third-order valence-corrected chi connectivity index (χ3v) is 6.82. The zero-order valence-corrected chi connectivity index (χ0v) is 16.2. The van der Waals surface area contributed by atoms with E-state index in [9.17, 15) is 36.2 Å². The fourth-order valence-corrected chi connectivity index (χ4v) is 5.41. The molecule has 2 aliphatic heterocycles. The Labute approximate surface area is 177 Å². The number of rotatable bonds is 3. The smallest absolute Gasteiger partial charge is 0.390 e. The lowest BCUT2D eigenvalue weighted by Crippen LogP contribution is -2.44. The van der Waals surface area contributed by atoms with E-state index in [4.69, 9.17) is 4.74 Å². The molecule has 2 saturated heterocycles. The van der Waals surface area contributed by atoms with E-state index < -0.39 is 58.5 Å². The summed E-state index contributed by atoms with van der Waals surface area (Å²) in [5.74, 6) is -1.02. The molecule has 3 fully saturated rings. The van der Waals surface area contributed by atoms with Crippen molar-refractivity contribution in [2.75, 3.05) is 5.32 Å². The van der Waals surface area contributed by atoms with Gasteiger partial charge in [-0.05, 0) is 30.2 Å². The summed E-state index contributed by atoms with van der Waals surface area (Å²) in [6.07, 6.45) is -10.8. The number of aromatic nitrogens is 1. The van der Waals surface area contributed by atoms with Crippen LogP contribution in [0.4, 0.5) is 32.2 Å². The molecule has 32 heavy (non-hydrogen) atoms. The quantitative estimate of drug-likeness (QED) is 0.685. The number of pyridine rings is 1. The SMILES string of the molecule is O=C(Nc1cc(C(F)(F)F)ccn1)[C@]12C[C@@]1(c1cccc(C(F)(F)F)c1)[C@H]1O[C@@H]2C[C@@H]1O. The Morgan fingerprint density at radius 3 is 2.47 bits per heavy atom. The Morgan fingerprint density at radius 1 is 1.09 bits per heavy atom. The van der Waals surface area contributed by atoms with E-state index in [2.05, 4.69) is 10.3 Å². The molecular weight excluding hydrogens is 442 g/mol. The highest BCUT2D eigenvalue weighted by atomic mass is 19.4. The molecule has 2 bridgehead atoms. The first-order valence-corrected chi connectivity index (χ1v) is 9.75. The van der Waals surface area contributed by atoms with E-state index in [1.807, 2.05) is 0 Å². The monoisotopic (exact) mass is 458 g/mol. The second-order valence-electron chi connectivity index (χ2n) is 8.43. The van der Waals surface area contributed by atoms with E-state index in [0.29, 0.717) is 6.07 Å². The molecule has 0 unspecified atom stereocenters. The third kappa shape index (κ3) is 2.80. The van der Waals surface area contributed by atoms with Crippen LogP contribution in [0.25, 0.3) is 0 Å². The van der Waals surface area contributed by atoms with E-state index in [-0.39, 0.29) is 24.2 Å². The topological polar surface area (TPSA) is 71.5 Å². The van der Waals surface area contributed by atoms with Gasteiger partial charge in [0.1, 0.15) is 5.82 Å². The van der Waals surface area contributed by atoms with Gasteiger partial charge in [-0.15, -0.1) is 0 Å². The number of carbonyl (C=O) groups excluding carboxylic acids is 1. The maximum absolute atomic E-state index is 13.3. The first-order valence-electron chi connectivity index (χ1n) is 9.75. The fourth-order valence-electron chi connectivity index (χ4n) is 5.41. The molecule has 1 aromatic carbocycles. The van der Waals surface area contributed by atoms with Gasteiger partial charge in [-0.3, -0.25) is 4.79 Å². The van der Waals surface area contributed by atoms with Gasteiger partial charge in [-0.25, -0.2) is 4.98 Å². The van der Waals surface area contributed by atoms with Gasteiger partial charge in [-0.1, -0.05) is 18.2 Å². The number of aliphatic hydroxyl groups is 1. The number of nitrogens with one attached hydrogen (secondary N) is 1. The summed E-state index contributed by atoms with van der Waals surface area (Å²) in [5.41, 5.74) is -4.22. The lowest BCUT2D eigenvalue weighted by molar-refractivity contribution is -0.138. The number of ether oxygens (including phenoxy) is 1. The van der Waals surface area contributed by atoms with Crippen LogP contribution < -0.4 is 5.32 Å². The molecule has 3 aliphatic rings. The predicted molar refractivity (Wildman–Crippen MR) is 97.3 cm³/mol. The van der Waals surface area contributed by atoms with Crippen LogP contribution in [0.15, 0.2) is 42.6 Å². The van der Waals surface area contributed by atoms with Crippen LogP contribution in [-0.2, 0) is 27.3 Å². The van der Waals surface area contributed by atoms with E-state index in [1.54, 1.807) is 0 Å². The largest absolute Gasteiger partial charge is 0.416 e. The van der Waals surface area contributed by atoms with Crippen LogP contribution in [0.2, 0.25) is 0 Å². The molecule has 1 aliphatic carbocycles. The van der Waals surface area contributed by atoms with Crippen molar-refractivity contribution in [2.24, 2.45) is 5.41 Å². The van der Waals surface area contributed by atoms with Crippen molar-refractivity contribution in [2.45, 2.75) is 48.9 Å². The molecule has 5 atom stereocenters. The van der Waals surface area contributed by atoms with Crippen molar-refractivity contribution in [3.63, 3.8) is 0 Å². The van der Waals surface area contributed by atoms with Crippen molar-refractivity contribution in [1.82, 2.24) is 4.98 Å². The van der Waals surface area contributed by atoms with Crippen molar-refractivity contribution < 1.29 is 41.0 Å². The number of halogens is 6. The highest BCUT2D eigenvalue weighted by molar-refractivity contribution is 6.00. The Hall–Kier alpha value is -2.66. The third-order valence-electron chi connectivity index (χ3n) is 6.82. The van der Waals surface area contributed by atoms with Crippen LogP contribution >= 0.6 is 0 Å². The molecule has 5 rings (SSSR count). The molecule has 0 radical (unpaired) electrons. The Balaban J connectivity index is 1.51. The molecule has 1 aromatic heterocycles. The number of amides is 1. The first kappa shape index (κ1) is 21.2. The zero-order valence-electron chi connectivity index (χ0n) is 16.2. The van der Waals surface area contributed by atoms with Crippen LogP contribution in [0, 0.1) is 5.41 Å². The summed E-state index contributed by atoms with van der Waals surface area (Å²) in [6.45, 7) is 0. The van der Waals surface area contributed by atoms with Gasteiger partial charge in [0, 0.05) is 18.0 Å². The number of aliphatic hydroxyl groups excluding tert-OH is 1. The minimum Gasteiger partial charge on any atom is -0.390 e. The Kier molecular flexibility index (Phi) is 4.27. The summed E-state index contributed by atoms with van der Waals surface area (Å²) in [4.78, 5) is 17.0. The van der Waals surface area contributed by atoms with Gasteiger partial charge >= 0.3 is 12.4 Å². The lowest BCUT2D eigenvalue weighted by atomic mass is 9.73. The molecule has 0 spiro atoms. The van der Waals surface area contributed by atoms with Gasteiger partial charge < -0.3 is 15.2 Å². The number of fused-ring (bicyclic) bond motifs is 5. The number of hydrogen-bond donors (Lipinski definition) is 2. The summed E-state index contributed by atoms with van der Waals surface area (Å²) in [6, 6.07) is 5.96. The van der Waals surface area contributed by atoms with E-state index >= 15 is 0 Å². The number of benzene rings is 1. The average Bonchev–Trinajstić information content (AvgIpc) is 3.20. The standard InChI is InChI=1S/C21H16F6N2O3/c22-20(23,24)11-3-1-2-10(6-11)18-9-19(18,14-8-13(30)16(18)32-14)17(31)29-15-7-12(4-5-28-15)21(25,26)27/h1-7,13-14,16,30H,8-9H2,(H,28,29,31)/t13-,14+,16-,18+,19+/m0/s1. The number of nitrogens with zero attached hydrogens (tertiary/aromatic N) is 1. The Bertz CT molecular complexity index is 1100. The predicted octanol–water partition coefficient (Wildman–Crippen LogP) is 3.92. The summed E-state index contributed by atoms with van der Waals surface area (Å²) < 4.78 is 84.6. The maximum Gasteiger partial charge on any atom is 0.416 e. The molecule has 2 aromatic rings. The second kappa shape index (κ2) is 6.44. The van der Waals surface area contributed by atoms with E-state index in [0.717, 1.165) is 24.4 Å². The highest BCUT2D eigenvalue weighted by Crippen LogP contribution is 2.77. The van der Waals surface area contributed by atoms with Crippen molar-refractivity contribution >= 4 is 11.7 Å². The molecule has 2 N–H and O–H groups in total. The van der Waals surface area contributed by atoms with Gasteiger partial charge in [0.05, 0.1) is 34.9 Å². The zero-order chi connectivity index (χ0) is 23.1. The lowest BCUT2D eigenvalue weighted by Gasteiger charge is -2.30. The minimum absolute atomic E-state index is 0.106. The molecule has 170 valence electrons. The van der Waals surface area contributed by atoms with Gasteiger partial charge in [-0.2, -0.15) is 26.3 Å². The number of carbonyl (C=O) groups is 1. The first-order chi connectivity index (χ1) is 14.9. The van der Waals surface area contributed by atoms with Gasteiger partial charge in [0.15, 0.2) is 0 Å². The van der Waals surface area contributed by atoms with E-state index in [1.165, 1.54) is 12.1 Å². The molecular formula is C21H16F6N2O3. The highest BCUT2D eigenvalue weighted by Gasteiger charge is 2.87. The number of alkyl halides is 6. The summed E-state index contributed by atoms with van der Waals surface area (Å²) >= 11 is 0. The van der Waals surface area contributed by atoms with Gasteiger partial charge in [0.2, 0.25) is 5.91 Å². The van der Waals surface area contributed by atoms with Crippen molar-refractivity contribution in [3.8, 4) is 0 Å². The Morgan fingerprint density at radius 2 is 1.78 bits per heavy atom. The second-order valence-corrected chi connectivity index (χ2v) is 8.43. The van der Waals surface area contributed by atoms with Crippen LogP contribution in [-0.4, -0.2) is 34.3 Å². The maximum atomic E-state index is 13.3. The summed E-state index contributed by atoms with van der Waals surface area (Å²) in [7, 11) is 0. The average molecular weight is 458 g/mol. The van der Waals surface area contributed by atoms with Gasteiger partial charge in [0.25, 0.3) is 0 Å². The molecule has 5 nitrogen and oxygen atoms in total. The normalized spacial score (nSPS) is 33.2. The van der Waals surface area contributed by atoms with Crippen LogP contribution in [0.3, 0.4) is 0 Å². The fraction of sp³-hybridized carbons (Fsp3) is 0.429. The van der Waals surface area contributed by atoms with Crippen LogP contribution in [0.5, 0.6) is 0 Å².